The predicted octanol–water partition coefficient (Wildman–Crippen LogP) is 1.99. The quantitative estimate of drug-likeness (QED) is 0.460. The van der Waals surface area contributed by atoms with Crippen molar-refractivity contribution in [1.29, 1.82) is 0 Å². The number of guanidine groups is 1. The zero-order valence-corrected chi connectivity index (χ0v) is 19.6. The number of hydrogen-bond donors (Lipinski definition) is 2. The Bertz CT molecular complexity index is 671. The van der Waals surface area contributed by atoms with E-state index in [2.05, 4.69) is 49.9 Å². The van der Waals surface area contributed by atoms with Gasteiger partial charge in [0.1, 0.15) is 6.54 Å². The molecule has 1 aromatic heterocycles. The van der Waals surface area contributed by atoms with E-state index >= 15 is 0 Å². The Hall–Kier alpha value is -1.64. The van der Waals surface area contributed by atoms with Crippen molar-refractivity contribution < 1.29 is 4.79 Å². The minimum atomic E-state index is 0.0153. The zero-order chi connectivity index (χ0) is 21.3. The number of aliphatic imine (C=N–C) groups is 1. The molecule has 0 saturated carbocycles. The van der Waals surface area contributed by atoms with Gasteiger partial charge >= 0.3 is 0 Å². The Morgan fingerprint density at radius 3 is 2.73 bits per heavy atom. The SMILES string of the molecule is CCN1CCCC1CNC(=NCC(=O)N(C)C)NCC(c1cccs1)N1CCCC1. The monoisotopic (exact) mass is 434 g/mol. The number of carbonyl (C=O) groups excluding carboxylic acids is 1. The van der Waals surface area contributed by atoms with Crippen molar-refractivity contribution in [2.24, 2.45) is 4.99 Å². The largest absolute Gasteiger partial charge is 0.355 e. The third kappa shape index (κ3) is 6.43. The number of nitrogens with zero attached hydrogens (tertiary/aromatic N) is 4. The van der Waals surface area contributed by atoms with E-state index < -0.39 is 0 Å². The molecule has 2 aliphatic rings. The Labute approximate surface area is 185 Å². The fraction of sp³-hybridized carbons (Fsp3) is 0.727. The molecule has 2 aliphatic heterocycles. The van der Waals surface area contributed by atoms with Crippen LogP contribution in [0.3, 0.4) is 0 Å². The molecule has 8 heteroatoms. The highest BCUT2D eigenvalue weighted by Gasteiger charge is 2.25. The van der Waals surface area contributed by atoms with E-state index in [0.717, 1.165) is 38.7 Å². The van der Waals surface area contributed by atoms with Crippen molar-refractivity contribution in [3.05, 3.63) is 22.4 Å². The molecule has 2 fully saturated rings. The Morgan fingerprint density at radius 2 is 2.07 bits per heavy atom. The molecule has 0 bridgehead atoms. The van der Waals surface area contributed by atoms with Gasteiger partial charge in [0.2, 0.25) is 5.91 Å². The van der Waals surface area contributed by atoms with E-state index in [-0.39, 0.29) is 12.5 Å². The number of thiophene rings is 1. The Kier molecular flexibility index (Phi) is 8.96. The third-order valence-electron chi connectivity index (χ3n) is 6.20. The first-order valence-electron chi connectivity index (χ1n) is 11.3. The van der Waals surface area contributed by atoms with Crippen molar-refractivity contribution in [3.63, 3.8) is 0 Å². The second kappa shape index (κ2) is 11.7. The van der Waals surface area contributed by atoms with Crippen molar-refractivity contribution in [2.75, 3.05) is 59.9 Å². The lowest BCUT2D eigenvalue weighted by atomic mass is 10.2. The number of rotatable bonds is 9. The molecule has 0 spiro atoms. The molecule has 0 radical (unpaired) electrons. The second-order valence-electron chi connectivity index (χ2n) is 8.41. The highest BCUT2D eigenvalue weighted by molar-refractivity contribution is 7.10. The zero-order valence-electron chi connectivity index (χ0n) is 18.8. The maximum atomic E-state index is 12.1. The van der Waals surface area contributed by atoms with Gasteiger partial charge in [0.25, 0.3) is 0 Å². The first-order valence-corrected chi connectivity index (χ1v) is 12.2. The van der Waals surface area contributed by atoms with E-state index in [0.29, 0.717) is 12.1 Å². The van der Waals surface area contributed by atoms with Gasteiger partial charge in [-0.3, -0.25) is 14.6 Å². The summed E-state index contributed by atoms with van der Waals surface area (Å²) in [7, 11) is 3.55. The Balaban J connectivity index is 1.64. The average molecular weight is 435 g/mol. The highest BCUT2D eigenvalue weighted by Crippen LogP contribution is 2.27. The predicted molar refractivity (Wildman–Crippen MR) is 125 cm³/mol. The number of carbonyl (C=O) groups is 1. The molecule has 2 atom stereocenters. The first kappa shape index (κ1) is 23.0. The highest BCUT2D eigenvalue weighted by atomic mass is 32.1. The van der Waals surface area contributed by atoms with Gasteiger partial charge in [-0.25, -0.2) is 4.99 Å². The van der Waals surface area contributed by atoms with Crippen LogP contribution in [-0.4, -0.2) is 92.5 Å². The number of hydrogen-bond acceptors (Lipinski definition) is 5. The lowest BCUT2D eigenvalue weighted by Gasteiger charge is -2.28. The number of amides is 1. The van der Waals surface area contributed by atoms with Gasteiger partial charge in [-0.05, 0) is 63.3 Å². The summed E-state index contributed by atoms with van der Waals surface area (Å²) in [4.78, 5) is 24.8. The molecule has 168 valence electrons. The molecule has 0 aromatic carbocycles. The van der Waals surface area contributed by atoms with Crippen LogP contribution in [0.5, 0.6) is 0 Å². The molecule has 2 saturated heterocycles. The molecule has 2 unspecified atom stereocenters. The van der Waals surface area contributed by atoms with Crippen molar-refractivity contribution in [3.8, 4) is 0 Å². The molecule has 7 nitrogen and oxygen atoms in total. The van der Waals surface area contributed by atoms with Crippen LogP contribution in [0.15, 0.2) is 22.5 Å². The lowest BCUT2D eigenvalue weighted by Crippen LogP contribution is -2.47. The van der Waals surface area contributed by atoms with Crippen molar-refractivity contribution in [1.82, 2.24) is 25.3 Å². The number of likely N-dealkylation sites (tertiary alicyclic amines) is 2. The van der Waals surface area contributed by atoms with Crippen LogP contribution in [0, 0.1) is 0 Å². The van der Waals surface area contributed by atoms with E-state index in [1.54, 1.807) is 19.0 Å². The third-order valence-corrected chi connectivity index (χ3v) is 7.17. The van der Waals surface area contributed by atoms with Gasteiger partial charge in [-0.1, -0.05) is 13.0 Å². The minimum absolute atomic E-state index is 0.0153. The molecule has 1 amide bonds. The van der Waals surface area contributed by atoms with Crippen LogP contribution in [0.25, 0.3) is 0 Å². The minimum Gasteiger partial charge on any atom is -0.355 e. The summed E-state index contributed by atoms with van der Waals surface area (Å²) < 4.78 is 0. The summed E-state index contributed by atoms with van der Waals surface area (Å²) in [5, 5.41) is 9.23. The average Bonchev–Trinajstić information content (AvgIpc) is 3.51. The molecule has 30 heavy (non-hydrogen) atoms. The Morgan fingerprint density at radius 1 is 1.27 bits per heavy atom. The maximum Gasteiger partial charge on any atom is 0.243 e. The van der Waals surface area contributed by atoms with Gasteiger partial charge in [0.15, 0.2) is 5.96 Å². The maximum absolute atomic E-state index is 12.1. The fourth-order valence-corrected chi connectivity index (χ4v) is 5.22. The molecule has 1 aromatic rings. The first-order chi connectivity index (χ1) is 14.6. The number of nitrogens with one attached hydrogen (secondary N) is 2. The fourth-order valence-electron chi connectivity index (χ4n) is 4.36. The molecule has 2 N–H and O–H groups in total. The lowest BCUT2D eigenvalue weighted by molar-refractivity contribution is -0.127. The van der Waals surface area contributed by atoms with Crippen LogP contribution in [0.2, 0.25) is 0 Å². The van der Waals surface area contributed by atoms with Crippen LogP contribution >= 0.6 is 11.3 Å². The standard InChI is InChI=1S/C22H38N6OS/c1-4-27-13-7-9-18(27)15-23-22(25-17-21(29)26(2)3)24-16-19(20-10-8-14-30-20)28-11-5-6-12-28/h8,10,14,18-19H,4-7,9,11-13,15-17H2,1-3H3,(H2,23,24,25). The summed E-state index contributed by atoms with van der Waals surface area (Å²) in [6, 6.07) is 5.25. The van der Waals surface area contributed by atoms with Gasteiger partial charge in [0, 0.05) is 38.1 Å². The summed E-state index contributed by atoms with van der Waals surface area (Å²) in [5.74, 6) is 0.760. The molecule has 3 heterocycles. The summed E-state index contributed by atoms with van der Waals surface area (Å²) >= 11 is 1.82. The van der Waals surface area contributed by atoms with E-state index in [4.69, 9.17) is 0 Å². The summed E-state index contributed by atoms with van der Waals surface area (Å²) in [5.41, 5.74) is 0. The smallest absolute Gasteiger partial charge is 0.243 e. The van der Waals surface area contributed by atoms with Gasteiger partial charge < -0.3 is 15.5 Å². The molecular weight excluding hydrogens is 396 g/mol. The summed E-state index contributed by atoms with van der Waals surface area (Å²) in [6.45, 7) is 8.61. The topological polar surface area (TPSA) is 63.2 Å². The molecule has 3 rings (SSSR count). The van der Waals surface area contributed by atoms with Crippen LogP contribution in [0.1, 0.15) is 43.5 Å². The molecular formula is C22H38N6OS. The van der Waals surface area contributed by atoms with Crippen molar-refractivity contribution in [2.45, 2.75) is 44.7 Å². The van der Waals surface area contributed by atoms with E-state index in [1.807, 2.05) is 11.3 Å². The summed E-state index contributed by atoms with van der Waals surface area (Å²) in [6.07, 6.45) is 5.02. The van der Waals surface area contributed by atoms with E-state index in [1.165, 1.54) is 37.1 Å². The van der Waals surface area contributed by atoms with Crippen LogP contribution in [-0.2, 0) is 4.79 Å². The van der Waals surface area contributed by atoms with Crippen LogP contribution in [0.4, 0.5) is 0 Å². The van der Waals surface area contributed by atoms with Gasteiger partial charge in [0.05, 0.1) is 6.04 Å². The van der Waals surface area contributed by atoms with Gasteiger partial charge in [-0.2, -0.15) is 0 Å². The van der Waals surface area contributed by atoms with E-state index in [9.17, 15) is 4.79 Å². The van der Waals surface area contributed by atoms with Gasteiger partial charge in [-0.15, -0.1) is 11.3 Å². The van der Waals surface area contributed by atoms with Crippen molar-refractivity contribution >= 4 is 23.2 Å². The van der Waals surface area contributed by atoms with Crippen LogP contribution < -0.4 is 10.6 Å². The second-order valence-corrected chi connectivity index (χ2v) is 9.39. The normalized spacial score (nSPS) is 21.7. The molecule has 0 aliphatic carbocycles. The number of likely N-dealkylation sites (N-methyl/N-ethyl adjacent to an activating group) is 2.